The first-order valence-corrected chi connectivity index (χ1v) is 8.66. The van der Waals surface area contributed by atoms with Crippen LogP contribution in [0, 0.1) is 13.8 Å². The Balaban J connectivity index is 2.10. The number of hydrogen-bond acceptors (Lipinski definition) is 7. The summed E-state index contributed by atoms with van der Waals surface area (Å²) in [6.07, 6.45) is 1.25. The molecule has 7 nitrogen and oxygen atoms in total. The zero-order valence-corrected chi connectivity index (χ0v) is 15.1. The van der Waals surface area contributed by atoms with Gasteiger partial charge in [0.1, 0.15) is 5.00 Å². The molecule has 2 aromatic heterocycles. The van der Waals surface area contributed by atoms with Gasteiger partial charge in [0.05, 0.1) is 12.2 Å². The van der Waals surface area contributed by atoms with Crippen LogP contribution in [0.3, 0.4) is 0 Å². The lowest BCUT2D eigenvalue weighted by atomic mass is 10.1. The highest BCUT2D eigenvalue weighted by molar-refractivity contribution is 7.16. The van der Waals surface area contributed by atoms with Crippen LogP contribution in [0.4, 0.5) is 5.00 Å². The molecule has 0 fully saturated rings. The standard InChI is InChI=1S/C16H21N3O4S/c1-5-11-9(3)24-15(14(11)16(21)22-6-2)18-12(20)7-8-13-17-10(4)19-23-13/h5-8H2,1-4H3,(H,18,20). The average Bonchev–Trinajstić information content (AvgIpc) is 3.08. The number of carbonyl (C=O) groups is 2. The van der Waals surface area contributed by atoms with Gasteiger partial charge in [0.15, 0.2) is 5.82 Å². The molecule has 0 aliphatic rings. The van der Waals surface area contributed by atoms with Gasteiger partial charge >= 0.3 is 5.97 Å². The van der Waals surface area contributed by atoms with Crippen LogP contribution in [0.1, 0.15) is 52.8 Å². The predicted octanol–water partition coefficient (Wildman–Crippen LogP) is 3.06. The van der Waals surface area contributed by atoms with Gasteiger partial charge in [-0.25, -0.2) is 4.79 Å². The third-order valence-electron chi connectivity index (χ3n) is 3.43. The number of carbonyl (C=O) groups excluding carboxylic acids is 2. The van der Waals surface area contributed by atoms with Crippen molar-refractivity contribution in [1.82, 2.24) is 10.1 Å². The van der Waals surface area contributed by atoms with Crippen LogP contribution >= 0.6 is 11.3 Å². The highest BCUT2D eigenvalue weighted by Gasteiger charge is 2.23. The van der Waals surface area contributed by atoms with Crippen molar-refractivity contribution < 1.29 is 18.8 Å². The fourth-order valence-corrected chi connectivity index (χ4v) is 3.51. The van der Waals surface area contributed by atoms with E-state index in [-0.39, 0.29) is 12.3 Å². The van der Waals surface area contributed by atoms with Crippen molar-refractivity contribution in [2.75, 3.05) is 11.9 Å². The molecule has 0 aromatic carbocycles. The zero-order valence-electron chi connectivity index (χ0n) is 14.3. The van der Waals surface area contributed by atoms with E-state index in [0.29, 0.717) is 41.7 Å². The second-order valence-corrected chi connectivity index (χ2v) is 6.42. The Morgan fingerprint density at radius 2 is 2.04 bits per heavy atom. The van der Waals surface area contributed by atoms with E-state index in [4.69, 9.17) is 9.26 Å². The van der Waals surface area contributed by atoms with E-state index in [9.17, 15) is 9.59 Å². The van der Waals surface area contributed by atoms with Crippen molar-refractivity contribution in [3.8, 4) is 0 Å². The van der Waals surface area contributed by atoms with Gasteiger partial charge in [-0.15, -0.1) is 11.3 Å². The zero-order chi connectivity index (χ0) is 17.7. The Morgan fingerprint density at radius 1 is 1.29 bits per heavy atom. The minimum Gasteiger partial charge on any atom is -0.462 e. The molecule has 0 saturated heterocycles. The van der Waals surface area contributed by atoms with Gasteiger partial charge in [-0.2, -0.15) is 4.98 Å². The van der Waals surface area contributed by atoms with Crippen molar-refractivity contribution in [2.45, 2.75) is 47.0 Å². The molecule has 1 amide bonds. The summed E-state index contributed by atoms with van der Waals surface area (Å²) in [5, 5.41) is 7.03. The number of aryl methyl sites for hydroxylation is 3. The lowest BCUT2D eigenvalue weighted by Gasteiger charge is -2.07. The Labute approximate surface area is 144 Å². The van der Waals surface area contributed by atoms with Gasteiger partial charge in [0.2, 0.25) is 11.8 Å². The molecule has 2 aromatic rings. The summed E-state index contributed by atoms with van der Waals surface area (Å²) in [5.41, 5.74) is 1.38. The molecule has 0 aliphatic carbocycles. The van der Waals surface area contributed by atoms with E-state index in [0.717, 1.165) is 10.4 Å². The molecule has 0 radical (unpaired) electrons. The second kappa shape index (κ2) is 8.05. The fraction of sp³-hybridized carbons (Fsp3) is 0.500. The third-order valence-corrected chi connectivity index (χ3v) is 4.49. The molecule has 0 atom stereocenters. The number of esters is 1. The minimum absolute atomic E-state index is 0.197. The van der Waals surface area contributed by atoms with Gasteiger partial charge in [-0.3, -0.25) is 4.79 Å². The number of nitrogens with one attached hydrogen (secondary N) is 1. The molecule has 24 heavy (non-hydrogen) atoms. The van der Waals surface area contributed by atoms with Crippen LogP contribution in [-0.4, -0.2) is 28.6 Å². The molecule has 1 N–H and O–H groups in total. The maximum Gasteiger partial charge on any atom is 0.341 e. The molecule has 0 aliphatic heterocycles. The number of hydrogen-bond donors (Lipinski definition) is 1. The summed E-state index contributed by atoms with van der Waals surface area (Å²) in [5.74, 6) is 0.350. The number of ether oxygens (including phenoxy) is 1. The predicted molar refractivity (Wildman–Crippen MR) is 90.4 cm³/mol. The second-order valence-electron chi connectivity index (χ2n) is 5.20. The molecular formula is C16H21N3O4S. The first-order valence-electron chi connectivity index (χ1n) is 7.84. The van der Waals surface area contributed by atoms with Crippen LogP contribution in [-0.2, 0) is 22.4 Å². The normalized spacial score (nSPS) is 10.7. The maximum atomic E-state index is 12.2. The summed E-state index contributed by atoms with van der Waals surface area (Å²) < 4.78 is 10.1. The first kappa shape index (κ1) is 18.1. The summed E-state index contributed by atoms with van der Waals surface area (Å²) in [4.78, 5) is 29.5. The van der Waals surface area contributed by atoms with Gasteiger partial charge in [0, 0.05) is 17.7 Å². The van der Waals surface area contributed by atoms with Gasteiger partial charge in [-0.05, 0) is 32.8 Å². The Morgan fingerprint density at radius 3 is 2.62 bits per heavy atom. The van der Waals surface area contributed by atoms with Gasteiger partial charge < -0.3 is 14.6 Å². The Hall–Kier alpha value is -2.22. The Bertz CT molecular complexity index is 736. The van der Waals surface area contributed by atoms with Crippen LogP contribution in [0.5, 0.6) is 0 Å². The lowest BCUT2D eigenvalue weighted by Crippen LogP contribution is -2.15. The molecular weight excluding hydrogens is 330 g/mol. The molecule has 2 rings (SSSR count). The topological polar surface area (TPSA) is 94.3 Å². The molecule has 8 heteroatoms. The number of aromatic nitrogens is 2. The van der Waals surface area contributed by atoms with E-state index in [1.54, 1.807) is 13.8 Å². The highest BCUT2D eigenvalue weighted by atomic mass is 32.1. The fourth-order valence-electron chi connectivity index (χ4n) is 2.36. The van der Waals surface area contributed by atoms with Gasteiger partial charge in [0.25, 0.3) is 0 Å². The minimum atomic E-state index is -0.401. The van der Waals surface area contributed by atoms with Crippen LogP contribution in [0.15, 0.2) is 4.52 Å². The van der Waals surface area contributed by atoms with E-state index in [1.165, 1.54) is 11.3 Å². The van der Waals surface area contributed by atoms with Gasteiger partial charge in [-0.1, -0.05) is 12.1 Å². The van der Waals surface area contributed by atoms with Crippen molar-refractivity contribution in [2.24, 2.45) is 0 Å². The molecule has 0 spiro atoms. The van der Waals surface area contributed by atoms with Crippen LogP contribution < -0.4 is 5.32 Å². The molecule has 0 unspecified atom stereocenters. The summed E-state index contributed by atoms with van der Waals surface area (Å²) in [7, 11) is 0. The summed E-state index contributed by atoms with van der Waals surface area (Å²) in [6.45, 7) is 7.68. The van der Waals surface area contributed by atoms with Crippen molar-refractivity contribution in [3.63, 3.8) is 0 Å². The smallest absolute Gasteiger partial charge is 0.341 e. The van der Waals surface area contributed by atoms with Crippen molar-refractivity contribution >= 4 is 28.2 Å². The monoisotopic (exact) mass is 351 g/mol. The number of anilines is 1. The van der Waals surface area contributed by atoms with E-state index in [1.807, 2.05) is 13.8 Å². The number of thiophene rings is 1. The molecule has 130 valence electrons. The SMILES string of the molecule is CCOC(=O)c1c(NC(=O)CCc2nc(C)no2)sc(C)c1CC. The Kier molecular flexibility index (Phi) is 6.08. The molecule has 0 saturated carbocycles. The van der Waals surface area contributed by atoms with Crippen LogP contribution in [0.25, 0.3) is 0 Å². The largest absolute Gasteiger partial charge is 0.462 e. The highest BCUT2D eigenvalue weighted by Crippen LogP contribution is 2.34. The molecule has 2 heterocycles. The summed E-state index contributed by atoms with van der Waals surface area (Å²) in [6, 6.07) is 0. The van der Waals surface area contributed by atoms with E-state index in [2.05, 4.69) is 15.5 Å². The molecule has 0 bridgehead atoms. The quantitative estimate of drug-likeness (QED) is 0.771. The number of amides is 1. The summed E-state index contributed by atoms with van der Waals surface area (Å²) >= 11 is 1.39. The maximum absolute atomic E-state index is 12.2. The van der Waals surface area contributed by atoms with E-state index >= 15 is 0 Å². The van der Waals surface area contributed by atoms with E-state index < -0.39 is 5.97 Å². The average molecular weight is 351 g/mol. The lowest BCUT2D eigenvalue weighted by molar-refractivity contribution is -0.116. The van der Waals surface area contributed by atoms with Crippen LogP contribution in [0.2, 0.25) is 0 Å². The first-order chi connectivity index (χ1) is 11.5. The third kappa shape index (κ3) is 4.19. The number of nitrogens with zero attached hydrogens (tertiary/aromatic N) is 2. The van der Waals surface area contributed by atoms with Crippen molar-refractivity contribution in [3.05, 3.63) is 27.7 Å². The number of rotatable bonds is 7. The van der Waals surface area contributed by atoms with Crippen molar-refractivity contribution in [1.29, 1.82) is 0 Å².